The maximum Gasteiger partial charge on any atom is 2.00 e. The van der Waals surface area contributed by atoms with Gasteiger partial charge in [-0.3, -0.25) is 4.98 Å². The van der Waals surface area contributed by atoms with Crippen LogP contribution in [0.1, 0.15) is 0 Å². The van der Waals surface area contributed by atoms with Crippen molar-refractivity contribution in [2.45, 2.75) is 0 Å². The van der Waals surface area contributed by atoms with Crippen LogP contribution < -0.4 is 46.2 Å². The molecule has 0 saturated carbocycles. The van der Waals surface area contributed by atoms with E-state index in [-0.39, 0.29) is 20.4 Å². The summed E-state index contributed by atoms with van der Waals surface area (Å²) in [7, 11) is -6.10. The van der Waals surface area contributed by atoms with Gasteiger partial charge in [-0.05, 0) is 66.8 Å². The van der Waals surface area contributed by atoms with Gasteiger partial charge in [-0.2, -0.15) is 23.4 Å². The fourth-order valence-electron chi connectivity index (χ4n) is 11.7. The maximum absolute atomic E-state index is 7.26. The average Bonchev–Trinajstić information content (AvgIpc) is 4.06. The second-order valence-corrected chi connectivity index (χ2v) is 25.3. The molecule has 13 aromatic rings. The summed E-state index contributed by atoms with van der Waals surface area (Å²) in [5.74, 6) is 1.78. The van der Waals surface area contributed by atoms with Crippen LogP contribution in [0.15, 0.2) is 243 Å². The van der Waals surface area contributed by atoms with E-state index in [2.05, 4.69) is 246 Å². The molecule has 0 N–H and O–H groups in total. The van der Waals surface area contributed by atoms with E-state index in [9.17, 15) is 0 Å². The predicted molar refractivity (Wildman–Crippen MR) is 287 cm³/mol. The quantitative estimate of drug-likeness (QED) is 0.0696. The molecule has 5 heterocycles. The Balaban J connectivity index is 0.00000480. The molecule has 5 nitrogen and oxygen atoms in total. The van der Waals surface area contributed by atoms with Crippen LogP contribution in [0, 0.1) is 12.1 Å². The first-order valence-corrected chi connectivity index (χ1v) is 27.4. The molecule has 0 atom stereocenters. The summed E-state index contributed by atoms with van der Waals surface area (Å²) >= 11 is 0. The van der Waals surface area contributed by atoms with E-state index >= 15 is 0 Å². The molecule has 0 fully saturated rings. The number of benzene rings is 9. The second kappa shape index (κ2) is 16.6. The summed E-state index contributed by atoms with van der Waals surface area (Å²) in [6, 6.07) is 89.8. The number of para-hydroxylation sites is 2. The maximum atomic E-state index is 7.26. The van der Waals surface area contributed by atoms with Crippen molar-refractivity contribution in [3.05, 3.63) is 255 Å². The molecule has 8 heteroatoms. The molecule has 14 rings (SSSR count). The van der Waals surface area contributed by atoms with E-state index < -0.39 is 16.1 Å². The van der Waals surface area contributed by atoms with Crippen molar-refractivity contribution in [2.75, 3.05) is 0 Å². The first-order chi connectivity index (χ1) is 34.2. The molecule has 0 amide bonds. The SMILES string of the molecule is [Pd+2].[c-]1c(-n2c3ccc4c(c3c3cccnc32)Oc2ccccc2[Si]4(c2ccccc2)c2ccccc2)cccc1[Si](c1[c-]c2c(cc1)c1ccccc1n1ccnc21)(c1ccccc1)c1ccccc1. The van der Waals surface area contributed by atoms with Gasteiger partial charge in [-0.15, -0.1) is 34.8 Å². The van der Waals surface area contributed by atoms with E-state index in [0.717, 1.165) is 71.4 Å². The Kier molecular flexibility index (Phi) is 10.0. The normalized spacial score (nSPS) is 13.0. The molecule has 9 aromatic carbocycles. The Bertz CT molecular complexity index is 4040. The van der Waals surface area contributed by atoms with Crippen LogP contribution in [0.3, 0.4) is 0 Å². The van der Waals surface area contributed by atoms with E-state index in [1.807, 2.05) is 18.5 Å². The van der Waals surface area contributed by atoms with Gasteiger partial charge in [0.15, 0.2) is 8.07 Å². The molecule has 0 radical (unpaired) electrons. The van der Waals surface area contributed by atoms with Gasteiger partial charge in [-0.25, -0.2) is 4.98 Å². The molecule has 0 saturated heterocycles. The summed E-state index contributed by atoms with van der Waals surface area (Å²) in [6.45, 7) is 0. The number of nitrogens with zero attached hydrogens (tertiary/aromatic N) is 4. The average molecular weight is 1020 g/mol. The summed E-state index contributed by atoms with van der Waals surface area (Å²) in [5.41, 5.74) is 4.78. The minimum absolute atomic E-state index is 0. The topological polar surface area (TPSA) is 44.4 Å². The number of aromatic nitrogens is 4. The molecule has 0 aliphatic carbocycles. The molecule has 332 valence electrons. The number of hydrogen-bond donors (Lipinski definition) is 0. The van der Waals surface area contributed by atoms with Gasteiger partial charge in [0, 0.05) is 29.5 Å². The molecule has 0 spiro atoms. The Labute approximate surface area is 420 Å². The van der Waals surface area contributed by atoms with Crippen LogP contribution in [-0.4, -0.2) is 35.1 Å². The zero-order valence-corrected chi connectivity index (χ0v) is 41.2. The summed E-state index contributed by atoms with van der Waals surface area (Å²) < 4.78 is 11.8. The third-order valence-corrected chi connectivity index (χ3v) is 23.9. The molecule has 4 aromatic heterocycles. The van der Waals surface area contributed by atoms with E-state index in [1.54, 1.807) is 0 Å². The Morgan fingerprint density at radius 2 is 1.09 bits per heavy atom. The van der Waals surface area contributed by atoms with Crippen LogP contribution in [0.5, 0.6) is 11.5 Å². The third kappa shape index (κ3) is 5.98. The number of rotatable bonds is 7. The summed E-state index contributed by atoms with van der Waals surface area (Å²) in [5, 5.41) is 15.2. The van der Waals surface area contributed by atoms with Crippen molar-refractivity contribution < 1.29 is 25.2 Å². The predicted octanol–water partition coefficient (Wildman–Crippen LogP) is 8.59. The minimum atomic E-state index is -3.19. The van der Waals surface area contributed by atoms with Gasteiger partial charge >= 0.3 is 20.4 Å². The number of fused-ring (bicyclic) bond motifs is 12. The van der Waals surface area contributed by atoms with Crippen molar-refractivity contribution in [3.63, 3.8) is 0 Å². The van der Waals surface area contributed by atoms with Crippen molar-refractivity contribution in [1.29, 1.82) is 0 Å². The number of ether oxygens (including phenoxy) is 1. The fraction of sp³-hybridized carbons (Fsp3) is 0. The monoisotopic (exact) mass is 1020 g/mol. The van der Waals surface area contributed by atoms with Gasteiger partial charge in [0.25, 0.3) is 0 Å². The van der Waals surface area contributed by atoms with E-state index in [1.165, 1.54) is 36.5 Å². The summed E-state index contributed by atoms with van der Waals surface area (Å²) in [6.07, 6.45) is 5.85. The van der Waals surface area contributed by atoms with Gasteiger partial charge in [0.05, 0.1) is 16.6 Å². The Morgan fingerprint density at radius 3 is 1.83 bits per heavy atom. The van der Waals surface area contributed by atoms with E-state index in [4.69, 9.17) is 14.7 Å². The van der Waals surface area contributed by atoms with Gasteiger partial charge in [0.1, 0.15) is 25.2 Å². The molecule has 0 bridgehead atoms. The van der Waals surface area contributed by atoms with Crippen molar-refractivity contribution in [2.24, 2.45) is 0 Å². The Hall–Kier alpha value is -7.96. The van der Waals surface area contributed by atoms with Crippen LogP contribution in [-0.2, 0) is 20.4 Å². The minimum Gasteiger partial charge on any atom is -0.457 e. The molecule has 1 aliphatic rings. The first-order valence-electron chi connectivity index (χ1n) is 23.4. The van der Waals surface area contributed by atoms with Gasteiger partial charge in [-0.1, -0.05) is 175 Å². The summed E-state index contributed by atoms with van der Waals surface area (Å²) in [4.78, 5) is 10.1. The number of hydrogen-bond acceptors (Lipinski definition) is 3. The zero-order valence-electron chi connectivity index (χ0n) is 37.6. The van der Waals surface area contributed by atoms with Crippen LogP contribution >= 0.6 is 0 Å². The van der Waals surface area contributed by atoms with Crippen molar-refractivity contribution in [3.8, 4) is 17.2 Å². The molecular formula is C62H40N4OPdSi2. The van der Waals surface area contributed by atoms with E-state index in [0.29, 0.717) is 0 Å². The zero-order chi connectivity index (χ0) is 45.5. The Morgan fingerprint density at radius 1 is 0.457 bits per heavy atom. The third-order valence-electron chi connectivity index (χ3n) is 14.5. The van der Waals surface area contributed by atoms with Crippen LogP contribution in [0.4, 0.5) is 0 Å². The fourth-order valence-corrected chi connectivity index (χ4v) is 21.2. The van der Waals surface area contributed by atoms with Crippen molar-refractivity contribution in [1.82, 2.24) is 18.9 Å². The van der Waals surface area contributed by atoms with Crippen molar-refractivity contribution >= 4 is 107 Å². The largest absolute Gasteiger partial charge is 2.00 e. The van der Waals surface area contributed by atoms with Gasteiger partial charge < -0.3 is 13.7 Å². The molecule has 0 unspecified atom stereocenters. The molecular weight excluding hydrogens is 979 g/mol. The second-order valence-electron chi connectivity index (χ2n) is 17.9. The molecule has 70 heavy (non-hydrogen) atoms. The van der Waals surface area contributed by atoms with Crippen LogP contribution in [0.2, 0.25) is 0 Å². The smallest absolute Gasteiger partial charge is 0.457 e. The number of imidazole rings is 1. The molecule has 1 aliphatic heterocycles. The first kappa shape index (κ1) is 42.2. The number of pyridine rings is 2. The van der Waals surface area contributed by atoms with Crippen LogP contribution in [0.25, 0.3) is 54.9 Å². The standard InChI is InChI=1S/C62H40N4OSi2.Pd/c1-5-20-44(21-6-1)68(45-22-7-2-8-23-45,49-34-35-50-51-29-13-14-31-54(51)65-40-39-64-61(65)53(50)42-49)48-28-17-19-43(41-48)66-55-36-37-58-60(59(55)52-30-18-38-63-62(52)66)67-56-32-15-16-33-57(56)69(58,46-24-9-3-10-25-46)47-26-11-4-12-27-47;/h1-40H;/q-2;+2. The van der Waals surface area contributed by atoms with Gasteiger partial charge in [0.2, 0.25) is 0 Å².